The number of aryl methyl sites for hydroxylation is 1. The number of anilines is 1. The van der Waals surface area contributed by atoms with Gasteiger partial charge in [-0.1, -0.05) is 43.3 Å². The Morgan fingerprint density at radius 3 is 2.48 bits per heavy atom. The zero-order chi connectivity index (χ0) is 22.0. The van der Waals surface area contributed by atoms with Gasteiger partial charge in [-0.3, -0.25) is 9.59 Å². The van der Waals surface area contributed by atoms with Crippen molar-refractivity contribution in [2.75, 3.05) is 12.4 Å². The Bertz CT molecular complexity index is 1290. The van der Waals surface area contributed by atoms with E-state index in [1.165, 1.54) is 6.92 Å². The molecule has 0 spiro atoms. The van der Waals surface area contributed by atoms with Crippen LogP contribution in [0.2, 0.25) is 0 Å². The van der Waals surface area contributed by atoms with Crippen molar-refractivity contribution >= 4 is 28.3 Å². The molecule has 0 unspecified atom stereocenters. The van der Waals surface area contributed by atoms with E-state index in [1.54, 1.807) is 19.2 Å². The summed E-state index contributed by atoms with van der Waals surface area (Å²) in [5, 5.41) is 3.72. The lowest BCUT2D eigenvalue weighted by molar-refractivity contribution is -0.114. The zero-order valence-electron chi connectivity index (χ0n) is 17.7. The molecule has 0 bridgehead atoms. The Kier molecular flexibility index (Phi) is 5.58. The van der Waals surface area contributed by atoms with Crippen molar-refractivity contribution in [2.45, 2.75) is 20.3 Å². The molecule has 0 atom stereocenters. The number of methoxy groups -OCH3 is 1. The number of ether oxygens (including phenoxy) is 1. The number of carbonyl (C=O) groups is 2. The molecular weight excluding hydrogens is 390 g/mol. The topological polar surface area (TPSA) is 68.5 Å². The van der Waals surface area contributed by atoms with Crippen LogP contribution in [0, 0.1) is 0 Å². The first-order valence-electron chi connectivity index (χ1n) is 10.1. The number of benzene rings is 3. The molecule has 4 rings (SSSR count). The Labute approximate surface area is 180 Å². The van der Waals surface area contributed by atoms with E-state index in [0.717, 1.165) is 27.8 Å². The number of nitrogens with one attached hydrogen (secondary N) is 1. The Hall–Kier alpha value is -3.86. The highest BCUT2D eigenvalue weighted by Gasteiger charge is 2.23. The number of para-hydroxylation sites is 1. The summed E-state index contributed by atoms with van der Waals surface area (Å²) in [7, 11) is 1.55. The molecular formula is C26H23NO4. The van der Waals surface area contributed by atoms with Gasteiger partial charge in [0.25, 0.3) is 0 Å². The molecule has 1 heterocycles. The molecule has 0 radical (unpaired) electrons. The minimum Gasteiger partial charge on any atom is -0.496 e. The van der Waals surface area contributed by atoms with Crippen LogP contribution in [0.3, 0.4) is 0 Å². The molecule has 5 nitrogen and oxygen atoms in total. The smallest absolute Gasteiger partial charge is 0.232 e. The fourth-order valence-electron chi connectivity index (χ4n) is 3.80. The van der Waals surface area contributed by atoms with Crippen molar-refractivity contribution in [1.82, 2.24) is 0 Å². The molecule has 31 heavy (non-hydrogen) atoms. The first-order chi connectivity index (χ1) is 15.0. The lowest BCUT2D eigenvalue weighted by atomic mass is 9.99. The Balaban J connectivity index is 1.78. The molecule has 5 heteroatoms. The number of hydrogen-bond acceptors (Lipinski definition) is 4. The molecule has 0 aliphatic heterocycles. The first kappa shape index (κ1) is 20.4. The van der Waals surface area contributed by atoms with Crippen LogP contribution in [0.5, 0.6) is 5.75 Å². The van der Waals surface area contributed by atoms with Crippen LogP contribution in [0.4, 0.5) is 5.69 Å². The summed E-state index contributed by atoms with van der Waals surface area (Å²) in [5.41, 5.74) is 4.61. The third-order valence-corrected chi connectivity index (χ3v) is 5.22. The lowest BCUT2D eigenvalue weighted by Crippen LogP contribution is -2.05. The van der Waals surface area contributed by atoms with Crippen molar-refractivity contribution in [1.29, 1.82) is 0 Å². The molecule has 0 aliphatic carbocycles. The van der Waals surface area contributed by atoms with Crippen molar-refractivity contribution in [3.8, 4) is 16.9 Å². The van der Waals surface area contributed by atoms with E-state index in [2.05, 4.69) is 5.32 Å². The second-order valence-corrected chi connectivity index (χ2v) is 7.27. The highest BCUT2D eigenvalue weighted by Crippen LogP contribution is 2.33. The van der Waals surface area contributed by atoms with E-state index >= 15 is 0 Å². The van der Waals surface area contributed by atoms with E-state index in [-0.39, 0.29) is 11.7 Å². The van der Waals surface area contributed by atoms with E-state index in [4.69, 9.17) is 9.15 Å². The molecule has 0 saturated heterocycles. The van der Waals surface area contributed by atoms with Crippen LogP contribution in [-0.2, 0) is 11.2 Å². The fraction of sp³-hybridized carbons (Fsp3) is 0.154. The standard InChI is InChI=1S/C26H23NO4/c1-4-20-21-13-12-18(17-8-7-9-19(14-17)27-16(2)28)15-24(21)31-26(20)25(29)22-10-5-6-11-23(22)30-3/h5-15H,4H2,1-3H3,(H,27,28). The maximum Gasteiger partial charge on any atom is 0.232 e. The number of furan rings is 1. The summed E-state index contributed by atoms with van der Waals surface area (Å²) >= 11 is 0. The van der Waals surface area contributed by atoms with Crippen molar-refractivity contribution in [3.63, 3.8) is 0 Å². The van der Waals surface area contributed by atoms with Gasteiger partial charge in [0.05, 0.1) is 12.7 Å². The van der Waals surface area contributed by atoms with Gasteiger partial charge < -0.3 is 14.5 Å². The van der Waals surface area contributed by atoms with Gasteiger partial charge in [-0.15, -0.1) is 0 Å². The van der Waals surface area contributed by atoms with Gasteiger partial charge in [-0.05, 0) is 47.9 Å². The summed E-state index contributed by atoms with van der Waals surface area (Å²) in [6, 6.07) is 20.7. The van der Waals surface area contributed by atoms with Crippen molar-refractivity contribution in [2.24, 2.45) is 0 Å². The quantitative estimate of drug-likeness (QED) is 0.402. The summed E-state index contributed by atoms with van der Waals surface area (Å²) < 4.78 is 11.4. The number of carbonyl (C=O) groups excluding carboxylic acids is 2. The maximum atomic E-state index is 13.3. The van der Waals surface area contributed by atoms with E-state index in [9.17, 15) is 9.59 Å². The number of fused-ring (bicyclic) bond motifs is 1. The predicted octanol–water partition coefficient (Wildman–Crippen LogP) is 5.86. The fourth-order valence-corrected chi connectivity index (χ4v) is 3.80. The first-order valence-corrected chi connectivity index (χ1v) is 10.1. The van der Waals surface area contributed by atoms with Crippen LogP contribution >= 0.6 is 0 Å². The summed E-state index contributed by atoms with van der Waals surface area (Å²) in [5.74, 6) is 0.544. The van der Waals surface area contributed by atoms with Crippen LogP contribution in [-0.4, -0.2) is 18.8 Å². The van der Waals surface area contributed by atoms with Gasteiger partial charge in [0.1, 0.15) is 11.3 Å². The van der Waals surface area contributed by atoms with Crippen LogP contribution in [0.1, 0.15) is 35.5 Å². The second-order valence-electron chi connectivity index (χ2n) is 7.27. The van der Waals surface area contributed by atoms with Crippen molar-refractivity contribution < 1.29 is 18.7 Å². The molecule has 1 amide bonds. The average molecular weight is 413 g/mol. The van der Waals surface area contributed by atoms with Gasteiger partial charge in [0.2, 0.25) is 11.7 Å². The Morgan fingerprint density at radius 1 is 0.968 bits per heavy atom. The minimum absolute atomic E-state index is 0.120. The number of hydrogen-bond donors (Lipinski definition) is 1. The molecule has 1 N–H and O–H groups in total. The van der Waals surface area contributed by atoms with Gasteiger partial charge in [-0.25, -0.2) is 0 Å². The predicted molar refractivity (Wildman–Crippen MR) is 122 cm³/mol. The molecule has 0 saturated carbocycles. The largest absolute Gasteiger partial charge is 0.496 e. The second kappa shape index (κ2) is 8.48. The minimum atomic E-state index is -0.195. The summed E-state index contributed by atoms with van der Waals surface area (Å²) in [6.07, 6.45) is 0.667. The SMILES string of the molecule is CCc1c(C(=O)c2ccccc2OC)oc2cc(-c3cccc(NC(C)=O)c3)ccc12. The van der Waals surface area contributed by atoms with Crippen LogP contribution in [0.25, 0.3) is 22.1 Å². The lowest BCUT2D eigenvalue weighted by Gasteiger charge is -2.06. The van der Waals surface area contributed by atoms with Gasteiger partial charge in [-0.2, -0.15) is 0 Å². The zero-order valence-corrected chi connectivity index (χ0v) is 17.7. The maximum absolute atomic E-state index is 13.3. The normalized spacial score (nSPS) is 10.8. The van der Waals surface area contributed by atoms with Crippen LogP contribution in [0.15, 0.2) is 71.1 Å². The highest BCUT2D eigenvalue weighted by molar-refractivity contribution is 6.12. The molecule has 1 aromatic heterocycles. The van der Waals surface area contributed by atoms with E-state index < -0.39 is 0 Å². The monoisotopic (exact) mass is 413 g/mol. The number of rotatable bonds is 6. The summed E-state index contributed by atoms with van der Waals surface area (Å²) in [4.78, 5) is 24.6. The average Bonchev–Trinajstić information content (AvgIpc) is 3.16. The van der Waals surface area contributed by atoms with E-state index in [1.807, 2.05) is 61.5 Å². The third kappa shape index (κ3) is 3.94. The van der Waals surface area contributed by atoms with E-state index in [0.29, 0.717) is 29.1 Å². The molecule has 0 aliphatic rings. The molecule has 4 aromatic rings. The molecule has 156 valence electrons. The number of ketones is 1. The van der Waals surface area contributed by atoms with Gasteiger partial charge in [0, 0.05) is 23.6 Å². The van der Waals surface area contributed by atoms with Gasteiger partial charge in [0.15, 0.2) is 5.76 Å². The number of amides is 1. The highest BCUT2D eigenvalue weighted by atomic mass is 16.5. The van der Waals surface area contributed by atoms with Crippen LogP contribution < -0.4 is 10.1 Å². The van der Waals surface area contributed by atoms with Crippen molar-refractivity contribution in [3.05, 3.63) is 83.6 Å². The van der Waals surface area contributed by atoms with Gasteiger partial charge >= 0.3 is 0 Å². The molecule has 0 fully saturated rings. The Morgan fingerprint density at radius 2 is 1.74 bits per heavy atom. The third-order valence-electron chi connectivity index (χ3n) is 5.22. The molecule has 3 aromatic carbocycles. The summed E-state index contributed by atoms with van der Waals surface area (Å²) in [6.45, 7) is 3.49.